The fraction of sp³-hybridized carbons (Fsp3) is 0.467. The Balaban J connectivity index is 2.82. The molecule has 0 spiro atoms. The summed E-state index contributed by atoms with van der Waals surface area (Å²) in [7, 11) is 1.29. The van der Waals surface area contributed by atoms with Crippen LogP contribution in [0.25, 0.3) is 0 Å². The van der Waals surface area contributed by atoms with E-state index in [1.54, 1.807) is 0 Å². The van der Waals surface area contributed by atoms with Crippen LogP contribution < -0.4 is 5.73 Å². The van der Waals surface area contributed by atoms with Crippen molar-refractivity contribution < 1.29 is 27.5 Å². The van der Waals surface area contributed by atoms with Crippen LogP contribution in [0.5, 0.6) is 0 Å². The van der Waals surface area contributed by atoms with Crippen LogP contribution in [0.1, 0.15) is 30.4 Å². The summed E-state index contributed by atoms with van der Waals surface area (Å²) in [6, 6.07) is 4.61. The maximum atomic E-state index is 12.6. The number of esters is 1. The van der Waals surface area contributed by atoms with Crippen molar-refractivity contribution in [3.8, 4) is 0 Å². The standard InChI is InChI=1S/C15H19F3N2O3/c1-22-14(21)4-2-3-13(20-23-10-9-19)11-5-7-12(8-6-11)15(16,17)18/h5-8H,2-4,9-10,19H2,1H3/b20-13+. The molecule has 0 amide bonds. The Labute approximate surface area is 132 Å². The van der Waals surface area contributed by atoms with Crippen molar-refractivity contribution in [1.82, 2.24) is 0 Å². The average Bonchev–Trinajstić information content (AvgIpc) is 2.52. The maximum absolute atomic E-state index is 12.6. The van der Waals surface area contributed by atoms with Gasteiger partial charge in [-0.1, -0.05) is 17.3 Å². The van der Waals surface area contributed by atoms with Gasteiger partial charge >= 0.3 is 12.1 Å². The molecule has 0 aromatic heterocycles. The number of nitrogens with two attached hydrogens (primary N) is 1. The first kappa shape index (κ1) is 19.0. The van der Waals surface area contributed by atoms with Crippen LogP contribution >= 0.6 is 0 Å². The molecule has 0 unspecified atom stereocenters. The lowest BCUT2D eigenvalue weighted by Gasteiger charge is -2.10. The van der Waals surface area contributed by atoms with E-state index in [4.69, 9.17) is 10.6 Å². The largest absolute Gasteiger partial charge is 0.469 e. The minimum Gasteiger partial charge on any atom is -0.469 e. The van der Waals surface area contributed by atoms with Crippen molar-refractivity contribution >= 4 is 11.7 Å². The lowest BCUT2D eigenvalue weighted by Crippen LogP contribution is -2.10. The van der Waals surface area contributed by atoms with Crippen LogP contribution in [0, 0.1) is 0 Å². The van der Waals surface area contributed by atoms with E-state index in [0.717, 1.165) is 12.1 Å². The number of oxime groups is 1. The number of ether oxygens (including phenoxy) is 1. The van der Waals surface area contributed by atoms with Gasteiger partial charge in [-0.25, -0.2) is 0 Å². The molecular formula is C15H19F3N2O3. The first-order valence-electron chi connectivity index (χ1n) is 7.02. The SMILES string of the molecule is COC(=O)CCC/C(=N\OCCN)c1ccc(C(F)(F)F)cc1. The molecule has 2 N–H and O–H groups in total. The molecule has 0 saturated carbocycles. The predicted molar refractivity (Wildman–Crippen MR) is 78.9 cm³/mol. The second-order valence-corrected chi connectivity index (χ2v) is 4.66. The number of hydrogen-bond acceptors (Lipinski definition) is 5. The zero-order valence-corrected chi connectivity index (χ0v) is 12.7. The molecule has 0 aliphatic heterocycles. The molecule has 0 fully saturated rings. The molecule has 128 valence electrons. The molecule has 0 aliphatic rings. The molecular weight excluding hydrogens is 313 g/mol. The predicted octanol–water partition coefficient (Wildman–Crippen LogP) is 2.73. The number of halogens is 3. The van der Waals surface area contributed by atoms with Crippen molar-refractivity contribution in [2.75, 3.05) is 20.3 Å². The fourth-order valence-corrected chi connectivity index (χ4v) is 1.77. The lowest BCUT2D eigenvalue weighted by molar-refractivity contribution is -0.140. The first-order chi connectivity index (χ1) is 10.9. The van der Waals surface area contributed by atoms with Crippen molar-refractivity contribution in [1.29, 1.82) is 0 Å². The van der Waals surface area contributed by atoms with Crippen LogP contribution in [0.2, 0.25) is 0 Å². The molecule has 0 heterocycles. The number of benzene rings is 1. The van der Waals surface area contributed by atoms with E-state index < -0.39 is 11.7 Å². The average molecular weight is 332 g/mol. The number of rotatable bonds is 8. The zero-order valence-electron chi connectivity index (χ0n) is 12.7. The van der Waals surface area contributed by atoms with Crippen LogP contribution in [0.15, 0.2) is 29.4 Å². The quantitative estimate of drug-likeness (QED) is 0.344. The summed E-state index contributed by atoms with van der Waals surface area (Å²) >= 11 is 0. The number of nitrogens with zero attached hydrogens (tertiary/aromatic N) is 1. The van der Waals surface area contributed by atoms with E-state index in [9.17, 15) is 18.0 Å². The van der Waals surface area contributed by atoms with Crippen LogP contribution in [0.4, 0.5) is 13.2 Å². The van der Waals surface area contributed by atoms with Crippen molar-refractivity contribution in [2.45, 2.75) is 25.4 Å². The van der Waals surface area contributed by atoms with Crippen LogP contribution in [-0.4, -0.2) is 31.9 Å². The second kappa shape index (κ2) is 9.14. The lowest BCUT2D eigenvalue weighted by atomic mass is 10.0. The highest BCUT2D eigenvalue weighted by atomic mass is 19.4. The van der Waals surface area contributed by atoms with Gasteiger partial charge in [-0.2, -0.15) is 13.2 Å². The molecule has 1 rings (SSSR count). The topological polar surface area (TPSA) is 73.9 Å². The molecule has 5 nitrogen and oxygen atoms in total. The Morgan fingerprint density at radius 2 is 1.87 bits per heavy atom. The highest BCUT2D eigenvalue weighted by molar-refractivity contribution is 6.00. The van der Waals surface area contributed by atoms with Gasteiger partial charge in [0.05, 0.1) is 18.4 Å². The summed E-state index contributed by atoms with van der Waals surface area (Å²) in [4.78, 5) is 16.1. The molecule has 0 atom stereocenters. The van der Waals surface area contributed by atoms with Gasteiger partial charge in [-0.15, -0.1) is 0 Å². The van der Waals surface area contributed by atoms with E-state index in [1.165, 1.54) is 19.2 Å². The monoisotopic (exact) mass is 332 g/mol. The molecule has 0 radical (unpaired) electrons. The van der Waals surface area contributed by atoms with Gasteiger partial charge in [0.1, 0.15) is 6.61 Å². The van der Waals surface area contributed by atoms with Crippen LogP contribution in [-0.2, 0) is 20.5 Å². The Bertz CT molecular complexity index is 528. The maximum Gasteiger partial charge on any atom is 0.416 e. The molecule has 23 heavy (non-hydrogen) atoms. The van der Waals surface area contributed by atoms with Crippen molar-refractivity contribution in [2.24, 2.45) is 10.9 Å². The smallest absolute Gasteiger partial charge is 0.416 e. The minimum absolute atomic E-state index is 0.188. The number of carbonyl (C=O) groups is 1. The normalized spacial score (nSPS) is 12.1. The molecule has 1 aromatic carbocycles. The Morgan fingerprint density at radius 3 is 2.39 bits per heavy atom. The van der Waals surface area contributed by atoms with Gasteiger partial charge in [0.15, 0.2) is 0 Å². The van der Waals surface area contributed by atoms with E-state index >= 15 is 0 Å². The third kappa shape index (κ3) is 6.68. The third-order valence-electron chi connectivity index (χ3n) is 2.95. The highest BCUT2D eigenvalue weighted by Crippen LogP contribution is 2.29. The Morgan fingerprint density at radius 1 is 1.22 bits per heavy atom. The summed E-state index contributed by atoms with van der Waals surface area (Å²) in [6.07, 6.45) is -3.40. The Kier molecular flexibility index (Phi) is 7.53. The van der Waals surface area contributed by atoms with E-state index in [1.807, 2.05) is 0 Å². The van der Waals surface area contributed by atoms with Crippen LogP contribution in [0.3, 0.4) is 0 Å². The number of alkyl halides is 3. The van der Waals surface area contributed by atoms with Crippen molar-refractivity contribution in [3.63, 3.8) is 0 Å². The molecule has 8 heteroatoms. The van der Waals surface area contributed by atoms with Gasteiger partial charge in [-0.3, -0.25) is 4.79 Å². The number of hydrogen-bond donors (Lipinski definition) is 1. The number of carbonyl (C=O) groups excluding carboxylic acids is 1. The van der Waals surface area contributed by atoms with E-state index in [2.05, 4.69) is 9.89 Å². The molecule has 0 saturated heterocycles. The summed E-state index contributed by atoms with van der Waals surface area (Å²) < 4.78 is 42.3. The van der Waals surface area contributed by atoms with Gasteiger partial charge in [0, 0.05) is 13.0 Å². The van der Waals surface area contributed by atoms with Gasteiger partial charge in [0.2, 0.25) is 0 Å². The highest BCUT2D eigenvalue weighted by Gasteiger charge is 2.30. The first-order valence-corrected chi connectivity index (χ1v) is 7.02. The summed E-state index contributed by atoms with van der Waals surface area (Å²) in [6.45, 7) is 0.465. The summed E-state index contributed by atoms with van der Waals surface area (Å²) in [5.41, 5.74) is 5.52. The van der Waals surface area contributed by atoms with E-state index in [0.29, 0.717) is 24.1 Å². The molecule has 0 bridgehead atoms. The number of methoxy groups -OCH3 is 1. The summed E-state index contributed by atoms with van der Waals surface area (Å²) in [5, 5.41) is 3.90. The molecule has 0 aliphatic carbocycles. The minimum atomic E-state index is -4.39. The zero-order chi connectivity index (χ0) is 17.3. The second-order valence-electron chi connectivity index (χ2n) is 4.66. The third-order valence-corrected chi connectivity index (χ3v) is 2.95. The molecule has 1 aromatic rings. The van der Waals surface area contributed by atoms with Crippen molar-refractivity contribution in [3.05, 3.63) is 35.4 Å². The summed E-state index contributed by atoms with van der Waals surface area (Å²) in [5.74, 6) is -0.361. The van der Waals surface area contributed by atoms with Gasteiger partial charge in [0.25, 0.3) is 0 Å². The van der Waals surface area contributed by atoms with Gasteiger partial charge in [-0.05, 0) is 30.5 Å². The Hall–Kier alpha value is -2.09. The van der Waals surface area contributed by atoms with E-state index in [-0.39, 0.29) is 25.5 Å². The fourth-order valence-electron chi connectivity index (χ4n) is 1.77. The van der Waals surface area contributed by atoms with Gasteiger partial charge < -0.3 is 15.3 Å².